The number of hydrogen-bond donors (Lipinski definition) is 1. The second-order valence-electron chi connectivity index (χ2n) is 14.6. The first-order valence-corrected chi connectivity index (χ1v) is 19.0. The summed E-state index contributed by atoms with van der Waals surface area (Å²) in [5.74, 6) is 1.43. The standard InChI is InChI=1S/C51H32N4O/c1-3-15-33(16-4-1)49-52-50(34-17-5-2-6-18-34)54-51(53-49)42-30-37(29-41-40-27-35-19-7-8-20-36(35)28-45(40)56-48(41)42)55-43-25-23-31-13-9-11-21-38(31)46(43)47-39-22-12-10-14-32(39)24-26-44(47)55/h1-30,51H,(H,52,53,54). The van der Waals surface area contributed by atoms with E-state index in [1.54, 1.807) is 0 Å². The highest BCUT2D eigenvalue weighted by atomic mass is 16.3. The third kappa shape index (κ3) is 4.67. The number of rotatable bonds is 4. The Bertz CT molecular complexity index is 3350. The van der Waals surface area contributed by atoms with E-state index in [2.05, 4.69) is 155 Å². The summed E-state index contributed by atoms with van der Waals surface area (Å²) in [4.78, 5) is 10.4. The van der Waals surface area contributed by atoms with Gasteiger partial charge in [-0.25, -0.2) is 9.98 Å². The van der Waals surface area contributed by atoms with E-state index >= 15 is 0 Å². The molecular formula is C51H32N4O. The van der Waals surface area contributed by atoms with Gasteiger partial charge in [0, 0.05) is 43.9 Å². The molecule has 0 saturated carbocycles. The molecule has 1 aliphatic heterocycles. The maximum atomic E-state index is 6.93. The lowest BCUT2D eigenvalue weighted by Crippen LogP contribution is -2.33. The normalized spacial score (nSPS) is 14.6. The fraction of sp³-hybridized carbons (Fsp3) is 0.0196. The van der Waals surface area contributed by atoms with Crippen molar-refractivity contribution in [3.8, 4) is 5.69 Å². The molecule has 0 fully saturated rings. The lowest BCUT2D eigenvalue weighted by atomic mass is 10.00. The van der Waals surface area contributed by atoms with Crippen molar-refractivity contribution >= 4 is 87.7 Å². The van der Waals surface area contributed by atoms with Gasteiger partial charge in [-0.2, -0.15) is 0 Å². The lowest BCUT2D eigenvalue weighted by Gasteiger charge is -2.24. The molecular weight excluding hydrogens is 685 g/mol. The summed E-state index contributed by atoms with van der Waals surface area (Å²) >= 11 is 0. The fourth-order valence-corrected chi connectivity index (χ4v) is 8.80. The molecule has 0 spiro atoms. The zero-order valence-electron chi connectivity index (χ0n) is 30.1. The first kappa shape index (κ1) is 30.9. The molecule has 0 aliphatic carbocycles. The van der Waals surface area contributed by atoms with Gasteiger partial charge in [0.05, 0.1) is 11.0 Å². The molecule has 1 aliphatic rings. The van der Waals surface area contributed by atoms with Crippen molar-refractivity contribution in [2.75, 3.05) is 0 Å². The summed E-state index contributed by atoms with van der Waals surface area (Å²) in [5.41, 5.74) is 7.87. The number of hydrogen-bond acceptors (Lipinski definition) is 4. The van der Waals surface area contributed by atoms with Crippen LogP contribution >= 0.6 is 0 Å². The minimum Gasteiger partial charge on any atom is -0.456 e. The third-order valence-corrected chi connectivity index (χ3v) is 11.4. The minimum atomic E-state index is -0.495. The summed E-state index contributed by atoms with van der Waals surface area (Å²) in [7, 11) is 0. The fourth-order valence-electron chi connectivity index (χ4n) is 8.80. The summed E-state index contributed by atoms with van der Waals surface area (Å²) < 4.78 is 9.36. The van der Waals surface area contributed by atoms with Crippen LogP contribution in [-0.2, 0) is 0 Å². The monoisotopic (exact) mass is 716 g/mol. The molecule has 0 bridgehead atoms. The first-order chi connectivity index (χ1) is 27.7. The predicted molar refractivity (Wildman–Crippen MR) is 232 cm³/mol. The average molecular weight is 717 g/mol. The Morgan fingerprint density at radius 3 is 1.71 bits per heavy atom. The van der Waals surface area contributed by atoms with Crippen LogP contribution in [0, 0.1) is 0 Å². The van der Waals surface area contributed by atoms with Gasteiger partial charge in [-0.3, -0.25) is 0 Å². The van der Waals surface area contributed by atoms with E-state index < -0.39 is 6.17 Å². The highest BCUT2D eigenvalue weighted by Gasteiger charge is 2.27. The Hall–Kier alpha value is -7.50. The highest BCUT2D eigenvalue weighted by molar-refractivity contribution is 6.28. The average Bonchev–Trinajstić information content (AvgIpc) is 3.81. The number of aromatic nitrogens is 1. The molecule has 0 radical (unpaired) electrons. The van der Waals surface area contributed by atoms with Gasteiger partial charge >= 0.3 is 0 Å². The van der Waals surface area contributed by atoms with Crippen LogP contribution < -0.4 is 5.32 Å². The molecule has 3 heterocycles. The van der Waals surface area contributed by atoms with Gasteiger partial charge < -0.3 is 14.3 Å². The second kappa shape index (κ2) is 12.0. The Labute approximate surface area is 321 Å². The zero-order chi connectivity index (χ0) is 36.7. The van der Waals surface area contributed by atoms with Crippen LogP contribution in [0.2, 0.25) is 0 Å². The zero-order valence-corrected chi connectivity index (χ0v) is 30.1. The highest BCUT2D eigenvalue weighted by Crippen LogP contribution is 2.43. The van der Waals surface area contributed by atoms with E-state index in [4.69, 9.17) is 14.4 Å². The van der Waals surface area contributed by atoms with Gasteiger partial charge in [-0.15, -0.1) is 0 Å². The maximum Gasteiger partial charge on any atom is 0.159 e. The maximum absolute atomic E-state index is 6.93. The van der Waals surface area contributed by atoms with Gasteiger partial charge in [0.1, 0.15) is 17.0 Å². The summed E-state index contributed by atoms with van der Waals surface area (Å²) in [5, 5.41) is 15.6. The molecule has 12 rings (SSSR count). The summed E-state index contributed by atoms with van der Waals surface area (Å²) in [6.45, 7) is 0. The summed E-state index contributed by atoms with van der Waals surface area (Å²) in [6.07, 6.45) is -0.495. The van der Waals surface area contributed by atoms with E-state index in [1.807, 2.05) is 36.4 Å². The van der Waals surface area contributed by atoms with Gasteiger partial charge in [0.25, 0.3) is 0 Å². The van der Waals surface area contributed by atoms with E-state index in [0.717, 1.165) is 66.6 Å². The molecule has 1 unspecified atom stereocenters. The largest absolute Gasteiger partial charge is 0.456 e. The van der Waals surface area contributed by atoms with Crippen molar-refractivity contribution in [1.29, 1.82) is 0 Å². The molecule has 1 atom stereocenters. The van der Waals surface area contributed by atoms with Gasteiger partial charge in [-0.05, 0) is 68.7 Å². The number of benzene rings is 9. The lowest BCUT2D eigenvalue weighted by molar-refractivity contribution is 0.628. The topological polar surface area (TPSA) is 54.8 Å². The number of nitrogens with zero attached hydrogens (tertiary/aromatic N) is 3. The Morgan fingerprint density at radius 2 is 1.05 bits per heavy atom. The smallest absolute Gasteiger partial charge is 0.159 e. The Balaban J connectivity index is 1.19. The molecule has 0 amide bonds. The number of fused-ring (bicyclic) bond motifs is 11. The SMILES string of the molecule is c1ccc(C2=NC(c3cc(-n4c5ccc6ccccc6c5c5c6ccccc6ccc54)cc4c3oc3cc5ccccc5cc34)NC(c3ccccc3)=N2)cc1. The number of aliphatic imine (C=N–C) groups is 2. The summed E-state index contributed by atoms with van der Waals surface area (Å²) in [6, 6.07) is 64.5. The predicted octanol–water partition coefficient (Wildman–Crippen LogP) is 12.6. The van der Waals surface area contributed by atoms with Crippen LogP contribution in [0.15, 0.2) is 196 Å². The molecule has 0 saturated heterocycles. The number of furan rings is 1. The minimum absolute atomic E-state index is 0.495. The van der Waals surface area contributed by atoms with Crippen LogP contribution in [0.5, 0.6) is 0 Å². The van der Waals surface area contributed by atoms with E-state index in [0.29, 0.717) is 5.84 Å². The van der Waals surface area contributed by atoms with Crippen molar-refractivity contribution in [1.82, 2.24) is 9.88 Å². The molecule has 9 aromatic carbocycles. The first-order valence-electron chi connectivity index (χ1n) is 19.0. The third-order valence-electron chi connectivity index (χ3n) is 11.4. The van der Waals surface area contributed by atoms with Crippen LogP contribution in [0.4, 0.5) is 0 Å². The molecule has 5 heteroatoms. The van der Waals surface area contributed by atoms with Crippen molar-refractivity contribution < 1.29 is 4.42 Å². The van der Waals surface area contributed by atoms with Crippen molar-refractivity contribution in [2.45, 2.75) is 6.17 Å². The quantitative estimate of drug-likeness (QED) is 0.197. The van der Waals surface area contributed by atoms with Crippen LogP contribution in [0.25, 0.3) is 81.7 Å². The Morgan fingerprint density at radius 1 is 0.482 bits per heavy atom. The van der Waals surface area contributed by atoms with E-state index in [1.165, 1.54) is 37.7 Å². The molecule has 1 N–H and O–H groups in total. The van der Waals surface area contributed by atoms with Crippen LogP contribution in [-0.4, -0.2) is 16.2 Å². The van der Waals surface area contributed by atoms with Crippen molar-refractivity contribution in [3.63, 3.8) is 0 Å². The molecule has 2 aromatic heterocycles. The number of amidine groups is 2. The molecule has 262 valence electrons. The van der Waals surface area contributed by atoms with Crippen molar-refractivity contribution in [3.05, 3.63) is 199 Å². The van der Waals surface area contributed by atoms with Gasteiger partial charge in [0.2, 0.25) is 0 Å². The van der Waals surface area contributed by atoms with E-state index in [-0.39, 0.29) is 0 Å². The molecule has 11 aromatic rings. The van der Waals surface area contributed by atoms with E-state index in [9.17, 15) is 0 Å². The second-order valence-corrected chi connectivity index (χ2v) is 14.6. The van der Waals surface area contributed by atoms with Gasteiger partial charge in [-0.1, -0.05) is 146 Å². The molecule has 56 heavy (non-hydrogen) atoms. The van der Waals surface area contributed by atoms with Crippen molar-refractivity contribution in [2.24, 2.45) is 9.98 Å². The van der Waals surface area contributed by atoms with Crippen LogP contribution in [0.3, 0.4) is 0 Å². The number of nitrogens with one attached hydrogen (secondary N) is 1. The molecule has 5 nitrogen and oxygen atoms in total. The van der Waals surface area contributed by atoms with Crippen LogP contribution in [0.1, 0.15) is 22.9 Å². The van der Waals surface area contributed by atoms with Gasteiger partial charge in [0.15, 0.2) is 12.0 Å². The Kier molecular flexibility index (Phi) is 6.63.